The van der Waals surface area contributed by atoms with Crippen molar-refractivity contribution >= 4 is 11.6 Å². The Morgan fingerprint density at radius 2 is 2.07 bits per heavy atom. The minimum atomic E-state index is -0.216. The Morgan fingerprint density at radius 1 is 1.40 bits per heavy atom. The molecular formula is C12H17ClFN. The molecule has 84 valence electrons. The summed E-state index contributed by atoms with van der Waals surface area (Å²) in [5.74, 6) is -0.216. The lowest BCUT2D eigenvalue weighted by molar-refractivity contribution is 0.344. The monoisotopic (exact) mass is 229 g/mol. The standard InChI is InChI=1S/C12H17ClFN/c1-12(2,8-15-3)7-9-4-5-10(13)6-11(9)14/h4-6,15H,7-8H2,1-3H3. The summed E-state index contributed by atoms with van der Waals surface area (Å²) in [7, 11) is 1.90. The molecule has 1 aromatic carbocycles. The van der Waals surface area contributed by atoms with Crippen LogP contribution in [-0.2, 0) is 6.42 Å². The third kappa shape index (κ3) is 3.80. The van der Waals surface area contributed by atoms with Gasteiger partial charge in [-0.15, -0.1) is 0 Å². The van der Waals surface area contributed by atoms with E-state index < -0.39 is 0 Å². The normalized spacial score (nSPS) is 11.8. The van der Waals surface area contributed by atoms with Crippen LogP contribution >= 0.6 is 11.6 Å². The summed E-state index contributed by atoms with van der Waals surface area (Å²) in [6, 6.07) is 4.86. The first-order valence-electron chi connectivity index (χ1n) is 5.03. The molecule has 0 saturated heterocycles. The predicted octanol–water partition coefficient (Wildman–Crippen LogP) is 3.27. The number of nitrogens with one attached hydrogen (secondary N) is 1. The van der Waals surface area contributed by atoms with Gasteiger partial charge in [-0.1, -0.05) is 31.5 Å². The largest absolute Gasteiger partial charge is 0.319 e. The molecule has 1 rings (SSSR count). The van der Waals surface area contributed by atoms with E-state index >= 15 is 0 Å². The van der Waals surface area contributed by atoms with Crippen LogP contribution in [0.25, 0.3) is 0 Å². The third-order valence-electron chi connectivity index (χ3n) is 2.34. The van der Waals surface area contributed by atoms with Gasteiger partial charge in [0.25, 0.3) is 0 Å². The van der Waals surface area contributed by atoms with E-state index in [4.69, 9.17) is 11.6 Å². The van der Waals surface area contributed by atoms with Gasteiger partial charge in [0.15, 0.2) is 0 Å². The Morgan fingerprint density at radius 3 is 2.60 bits per heavy atom. The molecule has 0 fully saturated rings. The predicted molar refractivity (Wildman–Crippen MR) is 62.8 cm³/mol. The van der Waals surface area contributed by atoms with Crippen molar-refractivity contribution in [2.45, 2.75) is 20.3 Å². The van der Waals surface area contributed by atoms with Crippen molar-refractivity contribution < 1.29 is 4.39 Å². The van der Waals surface area contributed by atoms with Crippen LogP contribution in [0.5, 0.6) is 0 Å². The van der Waals surface area contributed by atoms with Crippen molar-refractivity contribution in [1.29, 1.82) is 0 Å². The van der Waals surface area contributed by atoms with Gasteiger partial charge < -0.3 is 5.32 Å². The van der Waals surface area contributed by atoms with Gasteiger partial charge in [0.1, 0.15) is 5.82 Å². The van der Waals surface area contributed by atoms with Crippen molar-refractivity contribution in [2.24, 2.45) is 5.41 Å². The fraction of sp³-hybridized carbons (Fsp3) is 0.500. The molecule has 1 N–H and O–H groups in total. The van der Waals surface area contributed by atoms with E-state index in [-0.39, 0.29) is 11.2 Å². The number of benzene rings is 1. The van der Waals surface area contributed by atoms with Gasteiger partial charge >= 0.3 is 0 Å². The van der Waals surface area contributed by atoms with Crippen LogP contribution in [-0.4, -0.2) is 13.6 Å². The molecule has 1 nitrogen and oxygen atoms in total. The van der Waals surface area contributed by atoms with Gasteiger partial charge in [-0.2, -0.15) is 0 Å². The SMILES string of the molecule is CNCC(C)(C)Cc1ccc(Cl)cc1F. The fourth-order valence-corrected chi connectivity index (χ4v) is 1.88. The Hall–Kier alpha value is -0.600. The van der Waals surface area contributed by atoms with Crippen LogP contribution in [0.3, 0.4) is 0 Å². The zero-order valence-electron chi connectivity index (χ0n) is 9.40. The van der Waals surface area contributed by atoms with Gasteiger partial charge in [0.05, 0.1) is 0 Å². The minimum Gasteiger partial charge on any atom is -0.319 e. The summed E-state index contributed by atoms with van der Waals surface area (Å²) in [4.78, 5) is 0. The van der Waals surface area contributed by atoms with Crippen molar-refractivity contribution in [1.82, 2.24) is 5.32 Å². The quantitative estimate of drug-likeness (QED) is 0.836. The number of hydrogen-bond acceptors (Lipinski definition) is 1. The molecule has 0 spiro atoms. The van der Waals surface area contributed by atoms with Crippen LogP contribution in [0.2, 0.25) is 5.02 Å². The van der Waals surface area contributed by atoms with E-state index in [2.05, 4.69) is 19.2 Å². The van der Waals surface area contributed by atoms with Gasteiger partial charge in [-0.05, 0) is 36.6 Å². The minimum absolute atomic E-state index is 0.0451. The molecule has 1 aromatic rings. The first kappa shape index (κ1) is 12.5. The van der Waals surface area contributed by atoms with Gasteiger partial charge in [-0.3, -0.25) is 0 Å². The summed E-state index contributed by atoms with van der Waals surface area (Å²) < 4.78 is 13.5. The van der Waals surface area contributed by atoms with E-state index in [1.165, 1.54) is 6.07 Å². The molecule has 0 saturated carbocycles. The second kappa shape index (κ2) is 4.95. The average molecular weight is 230 g/mol. The molecule has 0 heterocycles. The highest BCUT2D eigenvalue weighted by Crippen LogP contribution is 2.24. The lowest BCUT2D eigenvalue weighted by Crippen LogP contribution is -2.29. The molecule has 3 heteroatoms. The van der Waals surface area contributed by atoms with E-state index in [1.54, 1.807) is 12.1 Å². The molecule has 0 aliphatic carbocycles. The Kier molecular flexibility index (Phi) is 4.12. The van der Waals surface area contributed by atoms with Gasteiger partial charge in [0, 0.05) is 11.6 Å². The molecular weight excluding hydrogens is 213 g/mol. The van der Waals surface area contributed by atoms with Crippen LogP contribution in [0.1, 0.15) is 19.4 Å². The summed E-state index contributed by atoms with van der Waals surface area (Å²) in [6.07, 6.45) is 0.705. The first-order chi connectivity index (χ1) is 6.94. The van der Waals surface area contributed by atoms with E-state index in [9.17, 15) is 4.39 Å². The second-order valence-electron chi connectivity index (χ2n) is 4.61. The number of hydrogen-bond donors (Lipinski definition) is 1. The number of halogens is 2. The van der Waals surface area contributed by atoms with Crippen LogP contribution in [0, 0.1) is 11.2 Å². The Labute approximate surface area is 95.6 Å². The maximum Gasteiger partial charge on any atom is 0.127 e. The molecule has 15 heavy (non-hydrogen) atoms. The number of rotatable bonds is 4. The third-order valence-corrected chi connectivity index (χ3v) is 2.57. The summed E-state index contributed by atoms with van der Waals surface area (Å²) in [5.41, 5.74) is 0.767. The Bertz CT molecular complexity index is 336. The molecule has 0 radical (unpaired) electrons. The zero-order chi connectivity index (χ0) is 11.5. The fourth-order valence-electron chi connectivity index (χ4n) is 1.72. The van der Waals surface area contributed by atoms with E-state index in [0.717, 1.165) is 12.1 Å². The van der Waals surface area contributed by atoms with Crippen molar-refractivity contribution in [3.63, 3.8) is 0 Å². The van der Waals surface area contributed by atoms with Crippen LogP contribution < -0.4 is 5.32 Å². The van der Waals surface area contributed by atoms with Crippen molar-refractivity contribution in [3.8, 4) is 0 Å². The average Bonchev–Trinajstić information content (AvgIpc) is 2.09. The van der Waals surface area contributed by atoms with Gasteiger partial charge in [-0.25, -0.2) is 4.39 Å². The smallest absolute Gasteiger partial charge is 0.127 e. The Balaban J connectivity index is 2.80. The highest BCUT2D eigenvalue weighted by atomic mass is 35.5. The molecule has 0 atom stereocenters. The molecule has 0 aliphatic rings. The summed E-state index contributed by atoms with van der Waals surface area (Å²) in [5, 5.41) is 3.56. The van der Waals surface area contributed by atoms with Crippen molar-refractivity contribution in [3.05, 3.63) is 34.6 Å². The molecule has 0 unspecified atom stereocenters. The molecule has 0 amide bonds. The topological polar surface area (TPSA) is 12.0 Å². The van der Waals surface area contributed by atoms with Crippen LogP contribution in [0.15, 0.2) is 18.2 Å². The zero-order valence-corrected chi connectivity index (χ0v) is 10.2. The highest BCUT2D eigenvalue weighted by molar-refractivity contribution is 6.30. The highest BCUT2D eigenvalue weighted by Gasteiger charge is 2.19. The molecule has 0 bridgehead atoms. The summed E-state index contributed by atoms with van der Waals surface area (Å²) in [6.45, 7) is 5.07. The maximum atomic E-state index is 13.5. The molecule has 0 aromatic heterocycles. The van der Waals surface area contributed by atoms with E-state index in [1.807, 2.05) is 7.05 Å². The first-order valence-corrected chi connectivity index (χ1v) is 5.41. The van der Waals surface area contributed by atoms with Crippen LogP contribution in [0.4, 0.5) is 4.39 Å². The lowest BCUT2D eigenvalue weighted by atomic mass is 9.85. The summed E-state index contributed by atoms with van der Waals surface area (Å²) >= 11 is 5.70. The van der Waals surface area contributed by atoms with Crippen molar-refractivity contribution in [2.75, 3.05) is 13.6 Å². The van der Waals surface area contributed by atoms with Gasteiger partial charge in [0.2, 0.25) is 0 Å². The maximum absolute atomic E-state index is 13.5. The second-order valence-corrected chi connectivity index (χ2v) is 5.04. The molecule has 0 aliphatic heterocycles. The van der Waals surface area contributed by atoms with E-state index in [0.29, 0.717) is 11.4 Å². The lowest BCUT2D eigenvalue weighted by Gasteiger charge is -2.24.